The van der Waals surface area contributed by atoms with Gasteiger partial charge in [-0.2, -0.15) is 0 Å². The zero-order valence-electron chi connectivity index (χ0n) is 9.23. The summed E-state index contributed by atoms with van der Waals surface area (Å²) in [6.07, 6.45) is 0. The van der Waals surface area contributed by atoms with Crippen molar-refractivity contribution in [1.29, 1.82) is 0 Å². The number of carbonyl (C=O) groups is 2. The van der Waals surface area contributed by atoms with Gasteiger partial charge >= 0.3 is 11.9 Å². The van der Waals surface area contributed by atoms with Crippen molar-refractivity contribution in [3.05, 3.63) is 28.8 Å². The summed E-state index contributed by atoms with van der Waals surface area (Å²) in [7, 11) is 0. The van der Waals surface area contributed by atoms with Crippen molar-refractivity contribution in [2.45, 2.75) is 6.92 Å². The van der Waals surface area contributed by atoms with Crippen LogP contribution in [0.1, 0.15) is 17.3 Å². The number of hydrogen-bond acceptors (Lipinski definition) is 5. The van der Waals surface area contributed by atoms with Crippen LogP contribution in [0, 0.1) is 0 Å². The van der Waals surface area contributed by atoms with Crippen molar-refractivity contribution in [1.82, 2.24) is 0 Å². The van der Waals surface area contributed by atoms with Crippen LogP contribution in [0.4, 0.5) is 5.69 Å². The number of halogens is 1. The summed E-state index contributed by atoms with van der Waals surface area (Å²) in [6, 6.07) is 4.64. The second-order valence-electron chi connectivity index (χ2n) is 3.09. The highest BCUT2D eigenvalue weighted by molar-refractivity contribution is 6.34. The normalized spacial score (nSPS) is 9.76. The van der Waals surface area contributed by atoms with Gasteiger partial charge in [0.25, 0.3) is 0 Å². The van der Waals surface area contributed by atoms with E-state index >= 15 is 0 Å². The van der Waals surface area contributed by atoms with Crippen LogP contribution in [-0.4, -0.2) is 25.2 Å². The summed E-state index contributed by atoms with van der Waals surface area (Å²) in [5.41, 5.74) is 5.84. The molecule has 0 heterocycles. The minimum atomic E-state index is -0.749. The van der Waals surface area contributed by atoms with E-state index in [9.17, 15) is 9.59 Å². The first-order valence-electron chi connectivity index (χ1n) is 4.93. The molecule has 92 valence electrons. The molecule has 0 bridgehead atoms. The Morgan fingerprint density at radius 2 is 2.06 bits per heavy atom. The molecule has 0 saturated carbocycles. The maximum atomic E-state index is 11.6. The van der Waals surface area contributed by atoms with E-state index in [1.165, 1.54) is 12.1 Å². The molecule has 0 spiro atoms. The first-order valence-corrected chi connectivity index (χ1v) is 5.30. The van der Waals surface area contributed by atoms with E-state index in [4.69, 9.17) is 22.1 Å². The fraction of sp³-hybridized carbons (Fsp3) is 0.273. The van der Waals surface area contributed by atoms with Gasteiger partial charge in [0.1, 0.15) is 5.56 Å². The SMILES string of the molecule is CCOC(=O)COC(=O)c1c(N)cccc1Cl. The number of hydrogen-bond donors (Lipinski definition) is 1. The molecule has 1 aromatic rings. The first-order chi connectivity index (χ1) is 8.06. The van der Waals surface area contributed by atoms with Crippen molar-refractivity contribution in [2.75, 3.05) is 18.9 Å². The molecular formula is C11H12ClNO4. The van der Waals surface area contributed by atoms with Gasteiger partial charge in [-0.05, 0) is 19.1 Å². The Hall–Kier alpha value is -1.75. The molecule has 0 aromatic heterocycles. The standard InChI is InChI=1S/C11H12ClNO4/c1-2-16-9(14)6-17-11(15)10-7(12)4-3-5-8(10)13/h3-5H,2,6,13H2,1H3. The number of anilines is 1. The number of benzene rings is 1. The lowest BCUT2D eigenvalue weighted by atomic mass is 10.2. The van der Waals surface area contributed by atoms with Gasteiger partial charge in [0.15, 0.2) is 6.61 Å². The van der Waals surface area contributed by atoms with Gasteiger partial charge < -0.3 is 15.2 Å². The van der Waals surface area contributed by atoms with Gasteiger partial charge in [-0.25, -0.2) is 9.59 Å². The third-order valence-corrected chi connectivity index (χ3v) is 2.19. The van der Waals surface area contributed by atoms with Crippen molar-refractivity contribution < 1.29 is 19.1 Å². The molecule has 0 aliphatic rings. The second kappa shape index (κ2) is 6.10. The fourth-order valence-corrected chi connectivity index (χ4v) is 1.41. The lowest BCUT2D eigenvalue weighted by Crippen LogP contribution is -2.17. The van der Waals surface area contributed by atoms with Gasteiger partial charge in [0.05, 0.1) is 11.6 Å². The van der Waals surface area contributed by atoms with Crippen LogP contribution in [0.3, 0.4) is 0 Å². The molecule has 0 amide bonds. The highest BCUT2D eigenvalue weighted by atomic mass is 35.5. The summed E-state index contributed by atoms with van der Waals surface area (Å²) in [5, 5.41) is 0.179. The average Bonchev–Trinajstić information content (AvgIpc) is 2.26. The Morgan fingerprint density at radius 1 is 1.35 bits per heavy atom. The molecular weight excluding hydrogens is 246 g/mol. The third kappa shape index (κ3) is 3.64. The number of nitrogens with two attached hydrogens (primary N) is 1. The number of carbonyl (C=O) groups excluding carboxylic acids is 2. The summed E-state index contributed by atoms with van der Waals surface area (Å²) in [6.45, 7) is 1.42. The second-order valence-corrected chi connectivity index (χ2v) is 3.49. The lowest BCUT2D eigenvalue weighted by molar-refractivity contribution is -0.146. The molecule has 1 aromatic carbocycles. The summed E-state index contributed by atoms with van der Waals surface area (Å²) < 4.78 is 9.33. The highest BCUT2D eigenvalue weighted by Crippen LogP contribution is 2.22. The monoisotopic (exact) mass is 257 g/mol. The van der Waals surface area contributed by atoms with E-state index in [1.807, 2.05) is 0 Å². The summed E-state index contributed by atoms with van der Waals surface area (Å²) >= 11 is 5.80. The van der Waals surface area contributed by atoms with E-state index in [-0.39, 0.29) is 22.9 Å². The van der Waals surface area contributed by atoms with Crippen LogP contribution < -0.4 is 5.73 Å². The molecule has 0 aliphatic heterocycles. The van der Waals surface area contributed by atoms with Gasteiger partial charge in [-0.3, -0.25) is 0 Å². The maximum Gasteiger partial charge on any atom is 0.344 e. The van der Waals surface area contributed by atoms with Gasteiger partial charge in [0, 0.05) is 5.69 Å². The molecule has 0 saturated heterocycles. The maximum absolute atomic E-state index is 11.6. The molecule has 0 unspecified atom stereocenters. The van der Waals surface area contributed by atoms with Gasteiger partial charge in [-0.15, -0.1) is 0 Å². The largest absolute Gasteiger partial charge is 0.463 e. The van der Waals surface area contributed by atoms with E-state index in [2.05, 4.69) is 4.74 Å². The predicted molar refractivity (Wildman–Crippen MR) is 62.8 cm³/mol. The van der Waals surface area contributed by atoms with E-state index in [0.717, 1.165) is 0 Å². The molecule has 0 aliphatic carbocycles. The number of nitrogen functional groups attached to an aromatic ring is 1. The number of rotatable bonds is 4. The number of esters is 2. The van der Waals surface area contributed by atoms with E-state index < -0.39 is 18.5 Å². The van der Waals surface area contributed by atoms with Gasteiger partial charge in [-0.1, -0.05) is 17.7 Å². The zero-order chi connectivity index (χ0) is 12.8. The van der Waals surface area contributed by atoms with Crippen molar-refractivity contribution in [3.8, 4) is 0 Å². The summed E-state index contributed by atoms with van der Waals surface area (Å²) in [4.78, 5) is 22.6. The smallest absolute Gasteiger partial charge is 0.344 e. The van der Waals surface area contributed by atoms with Crippen LogP contribution in [0.5, 0.6) is 0 Å². The lowest BCUT2D eigenvalue weighted by Gasteiger charge is -2.07. The molecule has 0 radical (unpaired) electrons. The molecule has 0 atom stereocenters. The Labute approximate surface area is 103 Å². The quantitative estimate of drug-likeness (QED) is 0.655. The fourth-order valence-electron chi connectivity index (χ4n) is 1.16. The van der Waals surface area contributed by atoms with E-state index in [1.54, 1.807) is 13.0 Å². The molecule has 1 rings (SSSR count). The molecule has 6 heteroatoms. The molecule has 2 N–H and O–H groups in total. The molecule has 17 heavy (non-hydrogen) atoms. The van der Waals surface area contributed by atoms with Crippen LogP contribution in [0.2, 0.25) is 5.02 Å². The molecule has 5 nitrogen and oxygen atoms in total. The van der Waals surface area contributed by atoms with Crippen LogP contribution in [0.25, 0.3) is 0 Å². The minimum Gasteiger partial charge on any atom is -0.463 e. The first kappa shape index (κ1) is 13.3. The van der Waals surface area contributed by atoms with Crippen molar-refractivity contribution in [3.63, 3.8) is 0 Å². The van der Waals surface area contributed by atoms with Crippen LogP contribution in [-0.2, 0) is 14.3 Å². The van der Waals surface area contributed by atoms with Crippen LogP contribution in [0.15, 0.2) is 18.2 Å². The zero-order valence-corrected chi connectivity index (χ0v) is 9.99. The van der Waals surface area contributed by atoms with Crippen LogP contribution >= 0.6 is 11.6 Å². The van der Waals surface area contributed by atoms with E-state index in [0.29, 0.717) is 0 Å². The predicted octanol–water partition coefficient (Wildman–Crippen LogP) is 1.64. The average molecular weight is 258 g/mol. The molecule has 0 fully saturated rings. The number of ether oxygens (including phenoxy) is 2. The van der Waals surface area contributed by atoms with Gasteiger partial charge in [0.2, 0.25) is 0 Å². The Balaban J connectivity index is 2.68. The minimum absolute atomic E-state index is 0.0541. The highest BCUT2D eigenvalue weighted by Gasteiger charge is 2.16. The topological polar surface area (TPSA) is 78.6 Å². The van der Waals surface area contributed by atoms with Crippen molar-refractivity contribution >= 4 is 29.2 Å². The third-order valence-electron chi connectivity index (χ3n) is 1.88. The van der Waals surface area contributed by atoms with Crippen molar-refractivity contribution in [2.24, 2.45) is 0 Å². The Kier molecular flexibility index (Phi) is 4.78. The summed E-state index contributed by atoms with van der Waals surface area (Å²) in [5.74, 6) is -1.37. The Bertz CT molecular complexity index is 413. The Morgan fingerprint density at radius 3 is 2.65 bits per heavy atom.